The molecule has 0 radical (unpaired) electrons. The zero-order valence-corrected chi connectivity index (χ0v) is 15.6. The molecule has 2 aromatic rings. The molecular weight excluding hydrogens is 334 g/mol. The minimum absolute atomic E-state index is 0.166. The molecule has 1 saturated heterocycles. The van der Waals surface area contributed by atoms with Gasteiger partial charge < -0.3 is 5.32 Å². The van der Waals surface area contributed by atoms with Crippen LogP contribution in [0.5, 0.6) is 0 Å². The molecule has 1 aliphatic carbocycles. The van der Waals surface area contributed by atoms with Crippen LogP contribution < -0.4 is 5.32 Å². The van der Waals surface area contributed by atoms with Gasteiger partial charge in [-0.2, -0.15) is 0 Å². The molecule has 1 aromatic heterocycles. The van der Waals surface area contributed by atoms with Crippen LogP contribution in [0.3, 0.4) is 0 Å². The van der Waals surface area contributed by atoms with Gasteiger partial charge in [-0.05, 0) is 48.9 Å². The second-order valence-corrected chi connectivity index (χ2v) is 7.67. The molecule has 0 bridgehead atoms. The predicted molar refractivity (Wildman–Crippen MR) is 108 cm³/mol. The van der Waals surface area contributed by atoms with Gasteiger partial charge in [-0.3, -0.25) is 14.7 Å². The van der Waals surface area contributed by atoms with Gasteiger partial charge in [0.25, 0.3) is 0 Å². The number of amides is 1. The highest BCUT2D eigenvalue weighted by Gasteiger charge is 2.47. The molecule has 27 heavy (non-hydrogen) atoms. The molecule has 4 nitrogen and oxygen atoms in total. The van der Waals surface area contributed by atoms with Gasteiger partial charge in [0.15, 0.2) is 0 Å². The molecule has 4 heteroatoms. The van der Waals surface area contributed by atoms with Crippen molar-refractivity contribution in [2.24, 2.45) is 17.8 Å². The first kappa shape index (κ1) is 17.9. The summed E-state index contributed by atoms with van der Waals surface area (Å²) in [6.45, 7) is 3.66. The lowest BCUT2D eigenvalue weighted by Crippen LogP contribution is -2.54. The van der Waals surface area contributed by atoms with E-state index in [1.165, 1.54) is 12.0 Å². The summed E-state index contributed by atoms with van der Waals surface area (Å²) in [6.07, 6.45) is 8.46. The maximum Gasteiger partial charge on any atom is 0.223 e. The average molecular weight is 361 g/mol. The Hall–Kier alpha value is -2.46. The van der Waals surface area contributed by atoms with Gasteiger partial charge in [0, 0.05) is 25.2 Å². The molecule has 2 aliphatic rings. The molecular formula is C23H27N3O. The number of benzene rings is 1. The summed E-state index contributed by atoms with van der Waals surface area (Å²) >= 11 is 0. The summed E-state index contributed by atoms with van der Waals surface area (Å²) in [4.78, 5) is 19.3. The van der Waals surface area contributed by atoms with E-state index in [0.717, 1.165) is 37.7 Å². The minimum Gasteiger partial charge on any atom is -0.350 e. The van der Waals surface area contributed by atoms with Crippen molar-refractivity contribution in [1.82, 2.24) is 15.2 Å². The Morgan fingerprint density at radius 1 is 1.19 bits per heavy atom. The van der Waals surface area contributed by atoms with Crippen LogP contribution in [0, 0.1) is 17.8 Å². The first-order valence-electron chi connectivity index (χ1n) is 9.91. The Morgan fingerprint density at radius 3 is 2.85 bits per heavy atom. The van der Waals surface area contributed by atoms with Crippen molar-refractivity contribution in [2.75, 3.05) is 19.6 Å². The lowest BCUT2D eigenvalue weighted by atomic mass is 9.61. The number of carbonyl (C=O) groups is 1. The number of piperidine rings is 1. The predicted octanol–water partition coefficient (Wildman–Crippen LogP) is 3.37. The van der Waals surface area contributed by atoms with Crippen LogP contribution >= 0.6 is 0 Å². The van der Waals surface area contributed by atoms with Crippen LogP contribution in [-0.2, 0) is 11.3 Å². The summed E-state index contributed by atoms with van der Waals surface area (Å²) in [6, 6.07) is 16.2. The van der Waals surface area contributed by atoms with E-state index in [9.17, 15) is 4.79 Å². The average Bonchev–Trinajstić information content (AvgIpc) is 2.70. The Balaban J connectivity index is 1.26. The fourth-order valence-corrected chi connectivity index (χ4v) is 4.34. The van der Waals surface area contributed by atoms with Crippen LogP contribution in [0.15, 0.2) is 60.8 Å². The number of nitrogens with zero attached hydrogens (tertiary/aromatic N) is 2. The number of fused-ring (bicyclic) bond motifs is 1. The normalized spacial score (nSPS) is 25.0. The number of nitrogens with one attached hydrogen (secondary N) is 1. The Bertz CT molecular complexity index is 775. The highest BCUT2D eigenvalue weighted by Crippen LogP contribution is 2.45. The van der Waals surface area contributed by atoms with E-state index >= 15 is 0 Å². The van der Waals surface area contributed by atoms with Crippen molar-refractivity contribution in [3.8, 4) is 0 Å². The molecule has 2 fully saturated rings. The molecule has 1 amide bonds. The molecule has 3 atom stereocenters. The summed E-state index contributed by atoms with van der Waals surface area (Å²) in [7, 11) is 0. The van der Waals surface area contributed by atoms with Crippen LogP contribution in [-0.4, -0.2) is 35.4 Å². The van der Waals surface area contributed by atoms with Crippen molar-refractivity contribution in [2.45, 2.75) is 19.4 Å². The van der Waals surface area contributed by atoms with E-state index in [1.54, 1.807) is 6.20 Å². The van der Waals surface area contributed by atoms with E-state index in [4.69, 9.17) is 0 Å². The van der Waals surface area contributed by atoms with E-state index < -0.39 is 0 Å². The van der Waals surface area contributed by atoms with Crippen LogP contribution in [0.25, 0.3) is 6.08 Å². The summed E-state index contributed by atoms with van der Waals surface area (Å²) in [5.74, 6) is 1.60. The largest absolute Gasteiger partial charge is 0.350 e. The number of rotatable bonds is 6. The first-order valence-corrected chi connectivity index (χ1v) is 9.91. The second kappa shape index (κ2) is 8.49. The third-order valence-corrected chi connectivity index (χ3v) is 5.94. The van der Waals surface area contributed by atoms with Crippen molar-refractivity contribution in [3.63, 3.8) is 0 Å². The molecule has 0 spiro atoms. The summed E-state index contributed by atoms with van der Waals surface area (Å²) < 4.78 is 0. The molecule has 140 valence electrons. The SMILES string of the molecule is O=C(NCc1ccccn1)[C@@H]1C[C@H]2CCN(C/C=C/c3ccccc3)C[C@H]21. The number of pyridine rings is 1. The number of hydrogen-bond acceptors (Lipinski definition) is 3. The lowest BCUT2D eigenvalue weighted by molar-refractivity contribution is -0.136. The molecule has 2 heterocycles. The van der Waals surface area contributed by atoms with Gasteiger partial charge in [-0.25, -0.2) is 0 Å². The molecule has 1 aliphatic heterocycles. The van der Waals surface area contributed by atoms with E-state index in [2.05, 4.69) is 51.6 Å². The van der Waals surface area contributed by atoms with Crippen LogP contribution in [0.1, 0.15) is 24.1 Å². The monoisotopic (exact) mass is 361 g/mol. The smallest absolute Gasteiger partial charge is 0.223 e. The zero-order chi connectivity index (χ0) is 18.5. The summed E-state index contributed by atoms with van der Waals surface area (Å²) in [5, 5.41) is 3.08. The molecule has 1 N–H and O–H groups in total. The Labute approximate surface area is 161 Å². The lowest BCUT2D eigenvalue weighted by Gasteiger charge is -2.50. The van der Waals surface area contributed by atoms with Gasteiger partial charge >= 0.3 is 0 Å². The standard InChI is InChI=1S/C23H27N3O/c27-23(25-16-20-10-4-5-12-24-20)21-15-19-11-14-26(17-22(19)21)13-6-9-18-7-2-1-3-8-18/h1-10,12,19,21-22H,11,13-17H2,(H,25,27)/b9-6+/t19-,21-,22-/m1/s1. The Morgan fingerprint density at radius 2 is 2.04 bits per heavy atom. The van der Waals surface area contributed by atoms with E-state index in [-0.39, 0.29) is 11.8 Å². The van der Waals surface area contributed by atoms with Crippen LogP contribution in [0.2, 0.25) is 0 Å². The number of likely N-dealkylation sites (tertiary alicyclic amines) is 1. The first-order chi connectivity index (χ1) is 13.3. The van der Waals surface area contributed by atoms with Gasteiger partial charge in [-0.15, -0.1) is 0 Å². The maximum absolute atomic E-state index is 12.6. The minimum atomic E-state index is 0.166. The molecule has 4 rings (SSSR count). The van der Waals surface area contributed by atoms with Gasteiger partial charge in [0.2, 0.25) is 5.91 Å². The van der Waals surface area contributed by atoms with Crippen molar-refractivity contribution in [1.29, 1.82) is 0 Å². The molecule has 0 unspecified atom stereocenters. The van der Waals surface area contributed by atoms with Gasteiger partial charge in [0.1, 0.15) is 0 Å². The zero-order valence-electron chi connectivity index (χ0n) is 15.6. The molecule has 1 aromatic carbocycles. The van der Waals surface area contributed by atoms with Crippen molar-refractivity contribution < 1.29 is 4.79 Å². The Kier molecular flexibility index (Phi) is 5.64. The maximum atomic E-state index is 12.6. The number of hydrogen-bond donors (Lipinski definition) is 1. The quantitative estimate of drug-likeness (QED) is 0.858. The van der Waals surface area contributed by atoms with Gasteiger partial charge in [0.05, 0.1) is 12.2 Å². The highest BCUT2D eigenvalue weighted by molar-refractivity contribution is 5.80. The fourth-order valence-electron chi connectivity index (χ4n) is 4.34. The summed E-state index contributed by atoms with van der Waals surface area (Å²) in [5.41, 5.74) is 2.15. The van der Waals surface area contributed by atoms with Crippen molar-refractivity contribution in [3.05, 3.63) is 72.1 Å². The number of aromatic nitrogens is 1. The highest BCUT2D eigenvalue weighted by atomic mass is 16.1. The van der Waals surface area contributed by atoms with E-state index in [1.807, 2.05) is 24.3 Å². The fraction of sp³-hybridized carbons (Fsp3) is 0.391. The second-order valence-electron chi connectivity index (χ2n) is 7.67. The third kappa shape index (κ3) is 4.45. The molecule has 1 saturated carbocycles. The third-order valence-electron chi connectivity index (χ3n) is 5.94. The number of carbonyl (C=O) groups excluding carboxylic acids is 1. The van der Waals surface area contributed by atoms with Gasteiger partial charge in [-0.1, -0.05) is 48.6 Å². The van der Waals surface area contributed by atoms with Crippen LogP contribution in [0.4, 0.5) is 0 Å². The van der Waals surface area contributed by atoms with Crippen molar-refractivity contribution >= 4 is 12.0 Å². The topological polar surface area (TPSA) is 45.2 Å². The van der Waals surface area contributed by atoms with E-state index in [0.29, 0.717) is 12.5 Å².